The van der Waals surface area contributed by atoms with Gasteiger partial charge in [-0.05, 0) is 69.7 Å². The van der Waals surface area contributed by atoms with E-state index in [2.05, 4.69) is 4.90 Å². The Hall–Kier alpha value is -4.12. The van der Waals surface area contributed by atoms with Gasteiger partial charge in [0.05, 0.1) is 17.8 Å². The Morgan fingerprint density at radius 3 is 2.36 bits per heavy atom. The lowest BCUT2D eigenvalue weighted by molar-refractivity contribution is 0.0367. The zero-order valence-electron chi connectivity index (χ0n) is 28.7. The van der Waals surface area contributed by atoms with Gasteiger partial charge in [-0.2, -0.15) is 5.10 Å². The van der Waals surface area contributed by atoms with Gasteiger partial charge in [-0.25, -0.2) is 27.4 Å². The first-order valence-corrected chi connectivity index (χ1v) is 16.2. The van der Waals surface area contributed by atoms with Crippen molar-refractivity contribution in [3.63, 3.8) is 0 Å². The van der Waals surface area contributed by atoms with Gasteiger partial charge in [0.1, 0.15) is 12.3 Å². The molecule has 0 aliphatic carbocycles. The highest BCUT2D eigenvalue weighted by Gasteiger charge is 2.44. The highest BCUT2D eigenvalue weighted by atomic mass is 19.2. The van der Waals surface area contributed by atoms with E-state index in [0.717, 1.165) is 29.3 Å². The van der Waals surface area contributed by atoms with E-state index in [1.807, 2.05) is 66.8 Å². The summed E-state index contributed by atoms with van der Waals surface area (Å²) >= 11 is 0. The second kappa shape index (κ2) is 18.9. The molecule has 0 spiro atoms. The van der Waals surface area contributed by atoms with E-state index in [9.17, 15) is 27.9 Å². The van der Waals surface area contributed by atoms with E-state index in [0.29, 0.717) is 50.4 Å². The van der Waals surface area contributed by atoms with Gasteiger partial charge in [0.25, 0.3) is 0 Å². The second-order valence-electron chi connectivity index (χ2n) is 11.3. The average Bonchev–Trinajstić information content (AvgIpc) is 3.63. The topological polar surface area (TPSA) is 87.9 Å². The van der Waals surface area contributed by atoms with Crippen LogP contribution in [0.5, 0.6) is 0 Å². The molecule has 1 atom stereocenters. The minimum Gasteiger partial charge on any atom is -0.478 e. The molecular weight excluding hydrogens is 609 g/mol. The Kier molecular flexibility index (Phi) is 15.7. The number of aromatic nitrogens is 2. The number of nitrogens with zero attached hydrogens (tertiary/aromatic N) is 4. The van der Waals surface area contributed by atoms with Crippen molar-refractivity contribution < 1.29 is 32.6 Å². The fourth-order valence-electron chi connectivity index (χ4n) is 4.99. The number of benzene rings is 1. The van der Waals surface area contributed by atoms with Crippen LogP contribution in [0.2, 0.25) is 0 Å². The molecule has 0 bridgehead atoms. The zero-order chi connectivity index (χ0) is 35.1. The van der Waals surface area contributed by atoms with Crippen LogP contribution < -0.4 is 4.90 Å². The highest BCUT2D eigenvalue weighted by Crippen LogP contribution is 2.33. The molecule has 0 radical (unpaired) electrons. The third-order valence-corrected chi connectivity index (χ3v) is 7.86. The summed E-state index contributed by atoms with van der Waals surface area (Å²) in [4.78, 5) is 27.9. The van der Waals surface area contributed by atoms with Crippen molar-refractivity contribution in [1.82, 2.24) is 14.7 Å². The minimum atomic E-state index is -1.50. The van der Waals surface area contributed by atoms with E-state index < -0.39 is 36.0 Å². The lowest BCUT2D eigenvalue weighted by Crippen LogP contribution is -2.38. The number of cyclic esters (lactones) is 1. The lowest BCUT2D eigenvalue weighted by atomic mass is 9.95. The van der Waals surface area contributed by atoms with Gasteiger partial charge in [-0.3, -0.25) is 9.80 Å². The molecule has 1 unspecified atom stereocenters. The van der Waals surface area contributed by atoms with Crippen LogP contribution in [0.4, 0.5) is 23.7 Å². The van der Waals surface area contributed by atoms with E-state index in [1.165, 1.54) is 23.1 Å². The predicted octanol–water partition coefficient (Wildman–Crippen LogP) is 9.06. The summed E-state index contributed by atoms with van der Waals surface area (Å²) in [5.41, 5.74) is 3.67. The summed E-state index contributed by atoms with van der Waals surface area (Å²) in [6.45, 7) is 14.7. The van der Waals surface area contributed by atoms with Gasteiger partial charge in [-0.1, -0.05) is 52.3 Å². The van der Waals surface area contributed by atoms with Crippen LogP contribution in [0.3, 0.4) is 0 Å². The maximum Gasteiger partial charge on any atom is 0.415 e. The highest BCUT2D eigenvalue weighted by molar-refractivity contribution is 5.92. The molecule has 1 aromatic carbocycles. The van der Waals surface area contributed by atoms with Crippen LogP contribution in [0.15, 0.2) is 72.0 Å². The Bertz CT molecular complexity index is 1460. The third kappa shape index (κ3) is 11.0. The van der Waals surface area contributed by atoms with Crippen LogP contribution in [0.25, 0.3) is 5.70 Å². The lowest BCUT2D eigenvalue weighted by Gasteiger charge is -2.29. The molecular formula is C36H49F3N4O4. The number of aromatic carboxylic acids is 1. The monoisotopic (exact) mass is 658 g/mol. The van der Waals surface area contributed by atoms with Gasteiger partial charge < -0.3 is 9.84 Å². The summed E-state index contributed by atoms with van der Waals surface area (Å²) < 4.78 is 47.4. The number of ether oxygens (including phenoxy) is 1. The van der Waals surface area contributed by atoms with Crippen molar-refractivity contribution in [1.29, 1.82) is 0 Å². The minimum absolute atomic E-state index is 0.136. The number of carbonyl (C=O) groups is 2. The number of rotatable bonds is 16. The number of hydrogen-bond donors (Lipinski definition) is 1. The first-order chi connectivity index (χ1) is 22.4. The normalized spacial score (nSPS) is 17.0. The van der Waals surface area contributed by atoms with Crippen LogP contribution in [0, 0.1) is 0 Å². The van der Waals surface area contributed by atoms with Gasteiger partial charge in [-0.15, -0.1) is 0 Å². The summed E-state index contributed by atoms with van der Waals surface area (Å²) in [6, 6.07) is 6.13. The molecule has 258 valence electrons. The number of anilines is 1. The molecule has 1 N–H and O–H groups in total. The summed E-state index contributed by atoms with van der Waals surface area (Å²) in [5, 5.41) is 14.0. The van der Waals surface area contributed by atoms with Gasteiger partial charge in [0, 0.05) is 49.1 Å². The van der Waals surface area contributed by atoms with Crippen LogP contribution in [0.1, 0.15) is 89.3 Å². The number of hydrogen-bond acceptors (Lipinski definition) is 5. The molecule has 3 rings (SSSR count). The molecule has 0 saturated carbocycles. The fraction of sp³-hybridized carbons (Fsp3) is 0.472. The first kappa shape index (κ1) is 39.1. The van der Waals surface area contributed by atoms with Crippen molar-refractivity contribution in [2.45, 2.75) is 86.3 Å². The van der Waals surface area contributed by atoms with E-state index in [1.54, 1.807) is 16.8 Å². The fourth-order valence-corrected chi connectivity index (χ4v) is 4.99. The molecule has 1 aliphatic rings. The van der Waals surface area contributed by atoms with Gasteiger partial charge >= 0.3 is 12.1 Å². The summed E-state index contributed by atoms with van der Waals surface area (Å²) in [5.74, 6) is -3.73. The molecule has 1 saturated heterocycles. The van der Waals surface area contributed by atoms with Crippen molar-refractivity contribution in [3.05, 3.63) is 88.8 Å². The molecule has 47 heavy (non-hydrogen) atoms. The smallest absolute Gasteiger partial charge is 0.415 e. The standard InChI is InChI=1S/C34H43F3N4O4.C2H6/c1-6-27(15-12-24(4)5)41-22-26(31(38-41)11-9-10-29(36)30(37)20-35)21-39(8-3)19-18-34(7-2)23-40(33(44)45-34)28-16-13-25(14-17-28)32(42)43;1-2/h9-10,12-17,22H,6-8,11,18-21,23H2,1-5H3,(H,42,43);1-2H3/b10-9-,27-15+,30-29-;. The van der Waals surface area contributed by atoms with Gasteiger partial charge in [0.2, 0.25) is 0 Å². The van der Waals surface area contributed by atoms with E-state index in [-0.39, 0.29) is 12.0 Å². The number of allylic oxidation sites excluding steroid dienone is 8. The number of carboxylic acids is 1. The van der Waals surface area contributed by atoms with Crippen LogP contribution in [-0.4, -0.2) is 63.8 Å². The van der Waals surface area contributed by atoms with E-state index >= 15 is 0 Å². The molecule has 2 heterocycles. The molecule has 1 aliphatic heterocycles. The first-order valence-electron chi connectivity index (χ1n) is 16.2. The van der Waals surface area contributed by atoms with Gasteiger partial charge in [0.15, 0.2) is 11.7 Å². The number of halogens is 3. The summed E-state index contributed by atoms with van der Waals surface area (Å²) in [6.07, 6.45) is 9.95. The number of carboxylic acid groups (broad SMARTS) is 1. The second-order valence-corrected chi connectivity index (χ2v) is 11.3. The molecule has 1 amide bonds. The number of amides is 1. The molecule has 8 nitrogen and oxygen atoms in total. The molecule has 2 aromatic rings. The Labute approximate surface area is 276 Å². The Morgan fingerprint density at radius 2 is 1.81 bits per heavy atom. The quantitative estimate of drug-likeness (QED) is 0.181. The summed E-state index contributed by atoms with van der Waals surface area (Å²) in [7, 11) is 0. The predicted molar refractivity (Wildman–Crippen MR) is 181 cm³/mol. The third-order valence-electron chi connectivity index (χ3n) is 7.86. The van der Waals surface area contributed by atoms with Crippen molar-refractivity contribution in [3.8, 4) is 0 Å². The largest absolute Gasteiger partial charge is 0.478 e. The van der Waals surface area contributed by atoms with Crippen molar-refractivity contribution in [2.24, 2.45) is 0 Å². The number of alkyl halides is 1. The average molecular weight is 659 g/mol. The zero-order valence-corrected chi connectivity index (χ0v) is 28.7. The van der Waals surface area contributed by atoms with E-state index in [4.69, 9.17) is 9.84 Å². The van der Waals surface area contributed by atoms with Crippen LogP contribution >= 0.6 is 0 Å². The van der Waals surface area contributed by atoms with Crippen molar-refractivity contribution in [2.75, 3.05) is 31.2 Å². The number of carbonyl (C=O) groups excluding carboxylic acids is 1. The Morgan fingerprint density at radius 1 is 1.13 bits per heavy atom. The molecule has 11 heteroatoms. The molecule has 1 fully saturated rings. The molecule has 1 aromatic heterocycles. The maximum atomic E-state index is 13.8. The maximum absolute atomic E-state index is 13.8. The Balaban J connectivity index is 0.00000376. The SMILES string of the molecule is CC.CC/C(=C\C=C(C)C)n1cc(CN(CC)CCC2(CC)CN(c3ccc(C(=O)O)cc3)C(=O)O2)c(C/C=C\C(F)=C(\F)CF)n1. The van der Waals surface area contributed by atoms with Crippen molar-refractivity contribution >= 4 is 23.4 Å². The van der Waals surface area contributed by atoms with Crippen LogP contribution in [-0.2, 0) is 17.7 Å².